The van der Waals surface area contributed by atoms with Crippen LogP contribution < -0.4 is 14.8 Å². The number of carboxylic acid groups (broad SMARTS) is 1. The van der Waals surface area contributed by atoms with Crippen molar-refractivity contribution in [2.75, 3.05) is 18.5 Å². The van der Waals surface area contributed by atoms with Crippen LogP contribution in [0.1, 0.15) is 59.3 Å². The molecule has 2 N–H and O–H groups in total. The summed E-state index contributed by atoms with van der Waals surface area (Å²) in [7, 11) is 0. The van der Waals surface area contributed by atoms with Gasteiger partial charge in [0.25, 0.3) is 5.91 Å². The Hall–Kier alpha value is -3.80. The lowest BCUT2D eigenvalue weighted by Gasteiger charge is -2.16. The molecule has 0 saturated carbocycles. The van der Waals surface area contributed by atoms with E-state index in [2.05, 4.69) is 43.4 Å². The second-order valence-corrected chi connectivity index (χ2v) is 9.67. The third kappa shape index (κ3) is 8.38. The minimum absolute atomic E-state index is 0.0337. The van der Waals surface area contributed by atoms with Gasteiger partial charge in [-0.2, -0.15) is 0 Å². The third-order valence-corrected chi connectivity index (χ3v) is 6.23. The van der Waals surface area contributed by atoms with E-state index in [-0.39, 0.29) is 18.9 Å². The number of nitrogens with one attached hydrogen (secondary N) is 1. The molecule has 37 heavy (non-hydrogen) atoms. The zero-order valence-electron chi connectivity index (χ0n) is 22.2. The largest absolute Gasteiger partial charge is 0.493 e. The molecule has 0 fully saturated rings. The van der Waals surface area contributed by atoms with Gasteiger partial charge in [0.15, 0.2) is 0 Å². The molecule has 0 aliphatic heterocycles. The van der Waals surface area contributed by atoms with Gasteiger partial charge < -0.3 is 19.9 Å². The number of anilines is 1. The van der Waals surface area contributed by atoms with Crippen LogP contribution in [0, 0.1) is 19.8 Å². The predicted octanol–water partition coefficient (Wildman–Crippen LogP) is 6.62. The van der Waals surface area contributed by atoms with Gasteiger partial charge in [0.1, 0.15) is 11.5 Å². The molecule has 0 radical (unpaired) electrons. The Morgan fingerprint density at radius 3 is 2.22 bits per heavy atom. The fraction of sp³-hybridized carbons (Fsp3) is 0.355. The zero-order chi connectivity index (χ0) is 26.8. The van der Waals surface area contributed by atoms with Crippen LogP contribution in [-0.4, -0.2) is 30.2 Å². The van der Waals surface area contributed by atoms with Crippen molar-refractivity contribution in [3.05, 3.63) is 88.5 Å². The van der Waals surface area contributed by atoms with Crippen LogP contribution in [0.3, 0.4) is 0 Å². The van der Waals surface area contributed by atoms with Gasteiger partial charge in [-0.25, -0.2) is 0 Å². The number of ether oxygens (including phenoxy) is 2. The number of hydrogen-bond acceptors (Lipinski definition) is 4. The smallest absolute Gasteiger partial charge is 0.303 e. The maximum absolute atomic E-state index is 13.1. The fourth-order valence-corrected chi connectivity index (χ4v) is 4.08. The number of hydrogen-bond donors (Lipinski definition) is 2. The van der Waals surface area contributed by atoms with Crippen molar-refractivity contribution in [3.63, 3.8) is 0 Å². The lowest BCUT2D eigenvalue weighted by atomic mass is 10.0. The van der Waals surface area contributed by atoms with Gasteiger partial charge in [0, 0.05) is 18.4 Å². The lowest BCUT2D eigenvalue weighted by molar-refractivity contribution is -0.137. The Morgan fingerprint density at radius 2 is 1.51 bits per heavy atom. The van der Waals surface area contributed by atoms with E-state index in [1.54, 1.807) is 18.2 Å². The second kappa shape index (κ2) is 13.5. The molecule has 0 spiro atoms. The van der Waals surface area contributed by atoms with E-state index >= 15 is 0 Å². The molecule has 3 aromatic rings. The summed E-state index contributed by atoms with van der Waals surface area (Å²) < 4.78 is 11.8. The van der Waals surface area contributed by atoms with Gasteiger partial charge in [0.2, 0.25) is 0 Å². The minimum atomic E-state index is -0.862. The van der Waals surface area contributed by atoms with Gasteiger partial charge in [-0.15, -0.1) is 0 Å². The van der Waals surface area contributed by atoms with E-state index in [9.17, 15) is 9.59 Å². The van der Waals surface area contributed by atoms with Crippen molar-refractivity contribution in [1.29, 1.82) is 0 Å². The molecule has 6 heteroatoms. The minimum Gasteiger partial charge on any atom is -0.493 e. The zero-order valence-corrected chi connectivity index (χ0v) is 22.2. The Balaban J connectivity index is 1.59. The summed E-state index contributed by atoms with van der Waals surface area (Å²) in [4.78, 5) is 23.8. The highest BCUT2D eigenvalue weighted by Gasteiger charge is 2.16. The molecule has 1 amide bonds. The normalized spacial score (nSPS) is 10.8. The van der Waals surface area contributed by atoms with E-state index in [1.165, 1.54) is 11.1 Å². The van der Waals surface area contributed by atoms with Gasteiger partial charge in [-0.1, -0.05) is 50.2 Å². The fourth-order valence-electron chi connectivity index (χ4n) is 4.08. The molecule has 0 aliphatic rings. The molecule has 3 aromatic carbocycles. The van der Waals surface area contributed by atoms with Gasteiger partial charge in [0.05, 0.1) is 18.9 Å². The highest BCUT2D eigenvalue weighted by Crippen LogP contribution is 2.28. The van der Waals surface area contributed by atoms with Crippen LogP contribution in [0.2, 0.25) is 0 Å². The summed E-state index contributed by atoms with van der Waals surface area (Å²) in [5.41, 5.74) is 5.48. The van der Waals surface area contributed by atoms with Crippen molar-refractivity contribution in [3.8, 4) is 11.5 Å². The van der Waals surface area contributed by atoms with E-state index in [4.69, 9.17) is 14.6 Å². The summed E-state index contributed by atoms with van der Waals surface area (Å²) in [6.07, 6.45) is 2.32. The highest BCUT2D eigenvalue weighted by molar-refractivity contribution is 6.06. The number of carbonyl (C=O) groups is 2. The van der Waals surface area contributed by atoms with Crippen LogP contribution in [0.5, 0.6) is 11.5 Å². The molecule has 3 rings (SSSR count). The molecule has 0 atom stereocenters. The first kappa shape index (κ1) is 27.8. The molecule has 6 nitrogen and oxygen atoms in total. The standard InChI is InChI=1S/C31H37NO5/c1-21(2)20-25-13-11-24(12-14-25)17-19-37-28-16-15-26(22(3)23(28)4)31(35)32-27-8-5-6-9-29(27)36-18-7-10-30(33)34/h5-6,8-9,11-16,21H,7,10,17-20H2,1-4H3,(H,32,35)(H,33,34). The average molecular weight is 504 g/mol. The quantitative estimate of drug-likeness (QED) is 0.256. The Labute approximate surface area is 219 Å². The SMILES string of the molecule is Cc1c(OCCc2ccc(CC(C)C)cc2)ccc(C(=O)Nc2ccccc2OCCCC(=O)O)c1C. The number of carbonyl (C=O) groups excluding carboxylic acids is 1. The van der Waals surface area contributed by atoms with Crippen molar-refractivity contribution in [1.82, 2.24) is 0 Å². The number of carboxylic acids is 1. The number of amides is 1. The highest BCUT2D eigenvalue weighted by atomic mass is 16.5. The second-order valence-electron chi connectivity index (χ2n) is 9.67. The summed E-state index contributed by atoms with van der Waals surface area (Å²) >= 11 is 0. The molecule has 0 unspecified atom stereocenters. The lowest BCUT2D eigenvalue weighted by Crippen LogP contribution is -2.15. The molecule has 0 aliphatic carbocycles. The first-order valence-corrected chi connectivity index (χ1v) is 12.8. The first-order valence-electron chi connectivity index (χ1n) is 12.8. The molecule has 196 valence electrons. The molecule has 0 heterocycles. The topological polar surface area (TPSA) is 84.9 Å². The van der Waals surface area contributed by atoms with E-state index in [1.807, 2.05) is 32.0 Å². The maximum Gasteiger partial charge on any atom is 0.303 e. The third-order valence-electron chi connectivity index (χ3n) is 6.23. The van der Waals surface area contributed by atoms with Crippen LogP contribution in [0.15, 0.2) is 60.7 Å². The Kier molecular flexibility index (Phi) is 10.1. The molecule has 0 saturated heterocycles. The maximum atomic E-state index is 13.1. The number of rotatable bonds is 13. The average Bonchev–Trinajstić information content (AvgIpc) is 2.86. The van der Waals surface area contributed by atoms with E-state index in [0.29, 0.717) is 35.9 Å². The van der Waals surface area contributed by atoms with Crippen molar-refractivity contribution < 1.29 is 24.2 Å². The van der Waals surface area contributed by atoms with E-state index < -0.39 is 5.97 Å². The first-order chi connectivity index (χ1) is 17.7. The summed E-state index contributed by atoms with van der Waals surface area (Å²) in [5.74, 6) is 0.818. The Morgan fingerprint density at radius 1 is 0.838 bits per heavy atom. The molecule has 0 bridgehead atoms. The molecule has 0 aromatic heterocycles. The van der Waals surface area contributed by atoms with Gasteiger partial charge in [-0.3, -0.25) is 9.59 Å². The number of aliphatic carboxylic acids is 1. The van der Waals surface area contributed by atoms with Crippen LogP contribution >= 0.6 is 0 Å². The van der Waals surface area contributed by atoms with Crippen LogP contribution in [-0.2, 0) is 17.6 Å². The van der Waals surface area contributed by atoms with Crippen LogP contribution in [0.25, 0.3) is 0 Å². The van der Waals surface area contributed by atoms with E-state index in [0.717, 1.165) is 29.7 Å². The van der Waals surface area contributed by atoms with Crippen molar-refractivity contribution >= 4 is 17.6 Å². The molecular formula is C31H37NO5. The van der Waals surface area contributed by atoms with Crippen molar-refractivity contribution in [2.24, 2.45) is 5.92 Å². The predicted molar refractivity (Wildman–Crippen MR) is 147 cm³/mol. The summed E-state index contributed by atoms with van der Waals surface area (Å²) in [5, 5.41) is 11.7. The monoisotopic (exact) mass is 503 g/mol. The summed E-state index contributed by atoms with van der Waals surface area (Å²) in [6, 6.07) is 19.5. The summed E-state index contributed by atoms with van der Waals surface area (Å²) in [6.45, 7) is 9.14. The molecular weight excluding hydrogens is 466 g/mol. The number of para-hydroxylation sites is 2. The van der Waals surface area contributed by atoms with Crippen LogP contribution in [0.4, 0.5) is 5.69 Å². The number of benzene rings is 3. The van der Waals surface area contributed by atoms with Gasteiger partial charge in [-0.05, 0) is 79.1 Å². The van der Waals surface area contributed by atoms with Gasteiger partial charge >= 0.3 is 5.97 Å². The Bertz CT molecular complexity index is 1200. The van der Waals surface area contributed by atoms with Crippen molar-refractivity contribution in [2.45, 2.75) is 53.4 Å².